The van der Waals surface area contributed by atoms with Gasteiger partial charge in [0, 0.05) is 27.0 Å². The molecule has 1 rings (SSSR count). The van der Waals surface area contributed by atoms with E-state index in [1.807, 2.05) is 7.85 Å². The van der Waals surface area contributed by atoms with Crippen LogP contribution >= 0.6 is 18.8 Å². The van der Waals surface area contributed by atoms with Crippen LogP contribution in [0.25, 0.3) is 0 Å². The van der Waals surface area contributed by atoms with Crippen molar-refractivity contribution in [2.45, 2.75) is 30.7 Å². The molecule has 0 radical (unpaired) electrons. The molecule has 0 spiro atoms. The van der Waals surface area contributed by atoms with Crippen molar-refractivity contribution >= 4 is 26.7 Å². The van der Waals surface area contributed by atoms with Crippen molar-refractivity contribution < 1.29 is 28.4 Å². The molecule has 112 valence electrons. The van der Waals surface area contributed by atoms with E-state index in [9.17, 15) is 4.57 Å². The van der Waals surface area contributed by atoms with E-state index in [1.165, 1.54) is 6.66 Å². The Hall–Kier alpha value is 0.445. The zero-order valence-corrected chi connectivity index (χ0v) is 13.3. The number of methoxy groups -OCH3 is 1. The van der Waals surface area contributed by atoms with Gasteiger partial charge in [0.2, 0.25) is 0 Å². The summed E-state index contributed by atoms with van der Waals surface area (Å²) in [5, 5.41) is 8.78. The number of hydrogen-bond donors (Lipinski definition) is 2. The minimum atomic E-state index is -2.95. The predicted molar refractivity (Wildman–Crippen MR) is 77.9 cm³/mol. The molecule has 19 heavy (non-hydrogen) atoms. The van der Waals surface area contributed by atoms with E-state index in [4.69, 9.17) is 23.8 Å². The average Bonchev–Trinajstić information content (AvgIpc) is 2.56. The summed E-state index contributed by atoms with van der Waals surface area (Å²) in [6, 6.07) is -0.191. The van der Waals surface area contributed by atoms with Crippen molar-refractivity contribution in [2.75, 3.05) is 33.6 Å². The van der Waals surface area contributed by atoms with Crippen molar-refractivity contribution in [3.63, 3.8) is 0 Å². The lowest BCUT2D eigenvalue weighted by atomic mass is 9.93. The zero-order chi connectivity index (χ0) is 14.5. The van der Waals surface area contributed by atoms with Crippen molar-refractivity contribution in [1.29, 1.82) is 0 Å². The van der Waals surface area contributed by atoms with Gasteiger partial charge >= 0.3 is 0 Å². The van der Waals surface area contributed by atoms with E-state index in [1.54, 1.807) is 7.11 Å². The molecule has 1 aliphatic heterocycles. The molecular weight excluding hydrogens is 290 g/mol. The number of thiol groups is 1. The van der Waals surface area contributed by atoms with Crippen LogP contribution in [0.15, 0.2) is 0 Å². The molecule has 0 bridgehead atoms. The molecule has 9 heteroatoms. The van der Waals surface area contributed by atoms with E-state index < -0.39 is 12.7 Å². The third-order valence-corrected chi connectivity index (χ3v) is 3.72. The maximum absolute atomic E-state index is 11.8. The Labute approximate surface area is 120 Å². The maximum Gasteiger partial charge on any atom is 0.252 e. The van der Waals surface area contributed by atoms with Crippen LogP contribution in [0, 0.1) is 0 Å². The van der Waals surface area contributed by atoms with Crippen LogP contribution < -0.4 is 0 Å². The average molecular weight is 312 g/mol. The molecule has 1 heterocycles. The Morgan fingerprint density at radius 1 is 1.47 bits per heavy atom. The third kappa shape index (κ3) is 5.75. The third-order valence-electron chi connectivity index (χ3n) is 2.80. The Morgan fingerprint density at radius 3 is 2.68 bits per heavy atom. The first-order chi connectivity index (χ1) is 8.89. The molecule has 0 aliphatic carbocycles. The van der Waals surface area contributed by atoms with Crippen LogP contribution in [0.4, 0.5) is 0 Å². The van der Waals surface area contributed by atoms with Crippen LogP contribution in [0.1, 0.15) is 6.42 Å². The largest absolute Gasteiger partial charge is 0.396 e. The molecule has 1 aliphatic rings. The summed E-state index contributed by atoms with van der Waals surface area (Å²) in [6.07, 6.45) is -0.621. The summed E-state index contributed by atoms with van der Waals surface area (Å²) >= 11 is 3.96. The van der Waals surface area contributed by atoms with Crippen LogP contribution in [0.5, 0.6) is 0 Å². The minimum absolute atomic E-state index is 0.0633. The van der Waals surface area contributed by atoms with Gasteiger partial charge in [0.05, 0.1) is 12.6 Å². The van der Waals surface area contributed by atoms with Crippen LogP contribution in [-0.2, 0) is 23.3 Å². The predicted octanol–water partition coefficient (Wildman–Crippen LogP) is -0.104. The highest BCUT2D eigenvalue weighted by molar-refractivity contribution is 8.46. The molecule has 0 aromatic heterocycles. The molecule has 2 unspecified atom stereocenters. The molecular formula is C10H22BO6PS. The zero-order valence-electron chi connectivity index (χ0n) is 11.5. The first-order valence-corrected chi connectivity index (χ1v) is 9.47. The molecule has 1 saturated heterocycles. The number of aliphatic hydroxyl groups excluding tert-OH is 1. The molecule has 5 atom stereocenters. The SMILES string of the molecule is B[C@@H]1O[C@H](COC)C(O[P@](C)(=O)S)C1OCCCO. The fourth-order valence-corrected chi connectivity index (χ4v) is 3.11. The van der Waals surface area contributed by atoms with Crippen LogP contribution in [0.3, 0.4) is 0 Å². The van der Waals surface area contributed by atoms with Gasteiger partial charge in [-0.25, -0.2) is 0 Å². The van der Waals surface area contributed by atoms with Gasteiger partial charge in [0.25, 0.3) is 6.57 Å². The van der Waals surface area contributed by atoms with E-state index in [-0.39, 0.29) is 24.8 Å². The Kier molecular flexibility index (Phi) is 7.39. The van der Waals surface area contributed by atoms with Gasteiger partial charge in [-0.1, -0.05) is 12.2 Å². The summed E-state index contributed by atoms with van der Waals surface area (Å²) in [5.74, 6) is 0. The van der Waals surface area contributed by atoms with Gasteiger partial charge < -0.3 is 23.8 Å². The van der Waals surface area contributed by atoms with E-state index in [2.05, 4.69) is 12.2 Å². The molecule has 1 fully saturated rings. The van der Waals surface area contributed by atoms with Crippen molar-refractivity contribution in [3.8, 4) is 0 Å². The number of aliphatic hydroxyl groups is 1. The topological polar surface area (TPSA) is 74.2 Å². The van der Waals surface area contributed by atoms with E-state index in [0.29, 0.717) is 19.6 Å². The lowest BCUT2D eigenvalue weighted by Gasteiger charge is -2.25. The second-order valence-electron chi connectivity index (χ2n) is 4.62. The van der Waals surface area contributed by atoms with Gasteiger partial charge in [-0.3, -0.25) is 4.57 Å². The maximum atomic E-state index is 11.8. The van der Waals surface area contributed by atoms with E-state index >= 15 is 0 Å². The summed E-state index contributed by atoms with van der Waals surface area (Å²) < 4.78 is 33.7. The quantitative estimate of drug-likeness (QED) is 0.282. The second kappa shape index (κ2) is 8.03. The fourth-order valence-electron chi connectivity index (χ4n) is 2.08. The highest BCUT2D eigenvalue weighted by Crippen LogP contribution is 2.50. The first kappa shape index (κ1) is 17.5. The summed E-state index contributed by atoms with van der Waals surface area (Å²) in [7, 11) is 3.44. The molecule has 0 aromatic rings. The van der Waals surface area contributed by atoms with Crippen molar-refractivity contribution in [3.05, 3.63) is 0 Å². The standard InChI is InChI=1S/C10H22BO6PS/c1-14-6-7-8(17-18(2,13)19)9(10(11)16-7)15-5-3-4-12/h7-10,12H,3-6,11H2,1-2H3,(H,13,19)/t7-,8?,9?,10-,18+/m1/s1. The van der Waals surface area contributed by atoms with Gasteiger partial charge in [0.1, 0.15) is 26.2 Å². The summed E-state index contributed by atoms with van der Waals surface area (Å²) in [4.78, 5) is 0. The van der Waals surface area contributed by atoms with Gasteiger partial charge in [-0.2, -0.15) is 0 Å². The molecule has 0 aromatic carbocycles. The van der Waals surface area contributed by atoms with Crippen molar-refractivity contribution in [2.24, 2.45) is 0 Å². The Bertz CT molecular complexity index is 314. The van der Waals surface area contributed by atoms with E-state index in [0.717, 1.165) is 0 Å². The summed E-state index contributed by atoms with van der Waals surface area (Å²) in [6.45, 7) is -0.714. The molecule has 1 N–H and O–H groups in total. The monoisotopic (exact) mass is 312 g/mol. The van der Waals surface area contributed by atoms with Crippen LogP contribution in [0.2, 0.25) is 0 Å². The molecule has 6 nitrogen and oxygen atoms in total. The summed E-state index contributed by atoms with van der Waals surface area (Å²) in [5.41, 5.74) is 0. The Balaban J connectivity index is 2.70. The number of hydrogen-bond acceptors (Lipinski definition) is 6. The van der Waals surface area contributed by atoms with Gasteiger partial charge in [0.15, 0.2) is 0 Å². The molecule has 0 amide bonds. The lowest BCUT2D eigenvalue weighted by molar-refractivity contribution is -0.0202. The number of ether oxygens (including phenoxy) is 3. The van der Waals surface area contributed by atoms with Crippen molar-refractivity contribution in [1.82, 2.24) is 0 Å². The lowest BCUT2D eigenvalue weighted by Crippen LogP contribution is -2.38. The first-order valence-electron chi connectivity index (χ1n) is 6.24. The van der Waals surface area contributed by atoms with Gasteiger partial charge in [-0.05, 0) is 6.42 Å². The fraction of sp³-hybridized carbons (Fsp3) is 1.00. The van der Waals surface area contributed by atoms with Gasteiger partial charge in [-0.15, -0.1) is 0 Å². The van der Waals surface area contributed by atoms with Crippen LogP contribution in [-0.4, -0.2) is 70.9 Å². The normalized spacial score (nSPS) is 34.3. The highest BCUT2D eigenvalue weighted by atomic mass is 32.7. The second-order valence-corrected chi connectivity index (χ2v) is 8.62. The smallest absolute Gasteiger partial charge is 0.252 e. The number of rotatable bonds is 8. The highest BCUT2D eigenvalue weighted by Gasteiger charge is 2.45. The Morgan fingerprint density at radius 2 is 2.16 bits per heavy atom. The minimum Gasteiger partial charge on any atom is -0.396 e. The molecule has 0 saturated carbocycles.